The number of aromatic nitrogens is 2. The van der Waals surface area contributed by atoms with Crippen molar-refractivity contribution in [2.45, 2.75) is 6.04 Å². The molecule has 0 aliphatic rings. The van der Waals surface area contributed by atoms with E-state index in [1.165, 1.54) is 11.3 Å². The predicted molar refractivity (Wildman–Crippen MR) is 105 cm³/mol. The van der Waals surface area contributed by atoms with E-state index in [0.29, 0.717) is 5.69 Å². The van der Waals surface area contributed by atoms with Crippen LogP contribution < -0.4 is 5.32 Å². The van der Waals surface area contributed by atoms with Crippen LogP contribution in [0, 0.1) is 0 Å². The second-order valence-electron chi connectivity index (χ2n) is 5.62. The van der Waals surface area contributed by atoms with E-state index in [4.69, 9.17) is 0 Å². The third-order valence-electron chi connectivity index (χ3n) is 3.90. The Balaban J connectivity index is 1.61. The molecule has 1 amide bonds. The van der Waals surface area contributed by atoms with E-state index in [1.54, 1.807) is 22.9 Å². The van der Waals surface area contributed by atoms with E-state index in [1.807, 2.05) is 65.4 Å². The summed E-state index contributed by atoms with van der Waals surface area (Å²) in [4.78, 5) is 21.7. The molecule has 1 atom stereocenters. The lowest BCUT2D eigenvalue weighted by Crippen LogP contribution is -2.30. The molecule has 1 aromatic carbocycles. The fourth-order valence-corrected chi connectivity index (χ4v) is 4.13. The summed E-state index contributed by atoms with van der Waals surface area (Å²) < 4.78 is 0. The van der Waals surface area contributed by atoms with Gasteiger partial charge in [0.1, 0.15) is 10.7 Å². The standard InChI is InChI=1S/C20H15N3OS2/c24-19(17-13-26-20(22-17)15-9-11-25-12-15)23-18(14-6-2-1-3-7-14)16-8-4-5-10-21-16/h1-13,18H,(H,23,24). The molecule has 1 unspecified atom stereocenters. The van der Waals surface area contributed by atoms with Gasteiger partial charge in [0.15, 0.2) is 0 Å². The molecule has 0 radical (unpaired) electrons. The molecule has 1 N–H and O–H groups in total. The van der Waals surface area contributed by atoms with Crippen LogP contribution in [0.2, 0.25) is 0 Å². The van der Waals surface area contributed by atoms with E-state index >= 15 is 0 Å². The summed E-state index contributed by atoms with van der Waals surface area (Å²) in [5.41, 5.74) is 3.24. The smallest absolute Gasteiger partial charge is 0.271 e. The first kappa shape index (κ1) is 16.6. The zero-order chi connectivity index (χ0) is 17.8. The van der Waals surface area contributed by atoms with Gasteiger partial charge in [0, 0.05) is 22.5 Å². The first-order valence-corrected chi connectivity index (χ1v) is 9.88. The fraction of sp³-hybridized carbons (Fsp3) is 0.0500. The number of hydrogen-bond acceptors (Lipinski definition) is 5. The third-order valence-corrected chi connectivity index (χ3v) is 5.47. The third kappa shape index (κ3) is 3.56. The van der Waals surface area contributed by atoms with Crippen LogP contribution >= 0.6 is 22.7 Å². The Labute approximate surface area is 159 Å². The van der Waals surface area contributed by atoms with Crippen LogP contribution in [0.5, 0.6) is 0 Å². The first-order valence-electron chi connectivity index (χ1n) is 8.06. The van der Waals surface area contributed by atoms with Gasteiger partial charge in [-0.25, -0.2) is 4.98 Å². The van der Waals surface area contributed by atoms with Crippen molar-refractivity contribution in [2.24, 2.45) is 0 Å². The lowest BCUT2D eigenvalue weighted by molar-refractivity contribution is 0.0938. The average Bonchev–Trinajstić information content (AvgIpc) is 3.39. The highest BCUT2D eigenvalue weighted by atomic mass is 32.1. The summed E-state index contributed by atoms with van der Waals surface area (Å²) in [5, 5.41) is 9.75. The maximum absolute atomic E-state index is 12.8. The van der Waals surface area contributed by atoms with Gasteiger partial charge < -0.3 is 5.32 Å². The molecule has 3 heterocycles. The van der Waals surface area contributed by atoms with Gasteiger partial charge in [-0.3, -0.25) is 9.78 Å². The van der Waals surface area contributed by atoms with E-state index < -0.39 is 0 Å². The van der Waals surface area contributed by atoms with Crippen LogP contribution in [-0.4, -0.2) is 15.9 Å². The summed E-state index contributed by atoms with van der Waals surface area (Å²) in [5.74, 6) is -0.206. The maximum atomic E-state index is 12.8. The topological polar surface area (TPSA) is 54.9 Å². The second kappa shape index (κ2) is 7.59. The molecule has 0 aliphatic carbocycles. The Hall–Kier alpha value is -2.83. The summed E-state index contributed by atoms with van der Waals surface area (Å²) in [6.07, 6.45) is 1.73. The highest BCUT2D eigenvalue weighted by Gasteiger charge is 2.20. The normalized spacial score (nSPS) is 11.8. The maximum Gasteiger partial charge on any atom is 0.271 e. The molecule has 128 valence electrons. The van der Waals surface area contributed by atoms with Crippen molar-refractivity contribution >= 4 is 28.6 Å². The van der Waals surface area contributed by atoms with Gasteiger partial charge in [0.25, 0.3) is 5.91 Å². The fourth-order valence-electron chi connectivity index (χ4n) is 2.62. The second-order valence-corrected chi connectivity index (χ2v) is 7.26. The Morgan fingerprint density at radius 1 is 1.00 bits per heavy atom. The molecule has 3 aromatic heterocycles. The number of nitrogens with one attached hydrogen (secondary N) is 1. The zero-order valence-electron chi connectivity index (χ0n) is 13.7. The van der Waals surface area contributed by atoms with E-state index in [9.17, 15) is 4.79 Å². The number of thiazole rings is 1. The summed E-state index contributed by atoms with van der Waals surface area (Å²) in [7, 11) is 0. The van der Waals surface area contributed by atoms with Gasteiger partial charge >= 0.3 is 0 Å². The van der Waals surface area contributed by atoms with Crippen molar-refractivity contribution in [1.29, 1.82) is 0 Å². The molecular weight excluding hydrogens is 362 g/mol. The Morgan fingerprint density at radius 3 is 2.58 bits per heavy atom. The predicted octanol–water partition coefficient (Wildman–Crippen LogP) is 4.79. The van der Waals surface area contributed by atoms with Crippen LogP contribution in [0.25, 0.3) is 10.6 Å². The lowest BCUT2D eigenvalue weighted by atomic mass is 10.0. The molecule has 0 saturated heterocycles. The first-order chi connectivity index (χ1) is 12.8. The van der Waals surface area contributed by atoms with Crippen molar-refractivity contribution in [2.75, 3.05) is 0 Å². The molecule has 4 aromatic rings. The quantitative estimate of drug-likeness (QED) is 0.544. The van der Waals surface area contributed by atoms with Crippen LogP contribution in [0.3, 0.4) is 0 Å². The van der Waals surface area contributed by atoms with Crippen molar-refractivity contribution in [1.82, 2.24) is 15.3 Å². The lowest BCUT2D eigenvalue weighted by Gasteiger charge is -2.18. The number of nitrogens with zero attached hydrogens (tertiary/aromatic N) is 2. The van der Waals surface area contributed by atoms with Gasteiger partial charge in [0.2, 0.25) is 0 Å². The van der Waals surface area contributed by atoms with Gasteiger partial charge in [-0.15, -0.1) is 11.3 Å². The molecule has 4 nitrogen and oxygen atoms in total. The zero-order valence-corrected chi connectivity index (χ0v) is 15.3. The van der Waals surface area contributed by atoms with Crippen molar-refractivity contribution in [3.8, 4) is 10.6 Å². The number of amides is 1. The van der Waals surface area contributed by atoms with Crippen LogP contribution in [-0.2, 0) is 0 Å². The number of pyridine rings is 1. The van der Waals surface area contributed by atoms with Crippen molar-refractivity contribution in [3.05, 3.63) is 93.9 Å². The average molecular weight is 377 g/mol. The van der Waals surface area contributed by atoms with E-state index in [-0.39, 0.29) is 11.9 Å². The monoisotopic (exact) mass is 377 g/mol. The van der Waals surface area contributed by atoms with Gasteiger partial charge in [0.05, 0.1) is 11.7 Å². The molecule has 0 spiro atoms. The SMILES string of the molecule is O=C(NC(c1ccccc1)c1ccccn1)c1csc(-c2ccsc2)n1. The summed E-state index contributed by atoms with van der Waals surface area (Å²) in [6, 6.07) is 17.2. The minimum Gasteiger partial charge on any atom is -0.338 e. The van der Waals surface area contributed by atoms with Crippen LogP contribution in [0.4, 0.5) is 0 Å². The molecule has 0 bridgehead atoms. The Bertz CT molecular complexity index is 943. The molecule has 6 heteroatoms. The van der Waals surface area contributed by atoms with Crippen LogP contribution in [0.15, 0.2) is 76.9 Å². The largest absolute Gasteiger partial charge is 0.338 e. The molecule has 0 aliphatic heterocycles. The molecular formula is C20H15N3OS2. The Morgan fingerprint density at radius 2 is 1.85 bits per heavy atom. The molecule has 4 rings (SSSR count). The summed E-state index contributed by atoms with van der Waals surface area (Å²) in [6.45, 7) is 0. The highest BCUT2D eigenvalue weighted by molar-refractivity contribution is 7.14. The molecule has 0 fully saturated rings. The van der Waals surface area contributed by atoms with Crippen molar-refractivity contribution < 1.29 is 4.79 Å². The van der Waals surface area contributed by atoms with Crippen molar-refractivity contribution in [3.63, 3.8) is 0 Å². The number of hydrogen-bond donors (Lipinski definition) is 1. The number of thiophene rings is 1. The highest BCUT2D eigenvalue weighted by Crippen LogP contribution is 2.26. The van der Waals surface area contributed by atoms with Crippen LogP contribution in [0.1, 0.15) is 27.8 Å². The summed E-state index contributed by atoms with van der Waals surface area (Å²) >= 11 is 3.09. The number of rotatable bonds is 5. The number of carbonyl (C=O) groups excluding carboxylic acids is 1. The van der Waals surface area contributed by atoms with Gasteiger partial charge in [-0.05, 0) is 29.1 Å². The number of benzene rings is 1. The number of carbonyl (C=O) groups is 1. The Kier molecular flexibility index (Phi) is 4.86. The molecule has 0 saturated carbocycles. The van der Waals surface area contributed by atoms with Gasteiger partial charge in [-0.2, -0.15) is 11.3 Å². The van der Waals surface area contributed by atoms with E-state index in [2.05, 4.69) is 15.3 Å². The minimum absolute atomic E-state index is 0.206. The molecule has 26 heavy (non-hydrogen) atoms. The van der Waals surface area contributed by atoms with Gasteiger partial charge in [-0.1, -0.05) is 36.4 Å². The van der Waals surface area contributed by atoms with E-state index in [0.717, 1.165) is 21.8 Å². The minimum atomic E-state index is -0.323.